The fourth-order valence-electron chi connectivity index (χ4n) is 2.46. The van der Waals surface area contributed by atoms with Crippen molar-refractivity contribution >= 4 is 11.0 Å². The molecule has 1 aromatic carbocycles. The molecule has 1 aliphatic rings. The highest BCUT2D eigenvalue weighted by atomic mass is 16.3. The minimum atomic E-state index is 0.170. The van der Waals surface area contributed by atoms with Crippen LogP contribution in [0.2, 0.25) is 0 Å². The summed E-state index contributed by atoms with van der Waals surface area (Å²) in [6, 6.07) is 7.51. The molecule has 2 heteroatoms. The first-order valence-corrected chi connectivity index (χ1v) is 5.79. The molecule has 0 aliphatic heterocycles. The van der Waals surface area contributed by atoms with Gasteiger partial charge in [0.1, 0.15) is 11.3 Å². The highest BCUT2D eigenvalue weighted by Gasteiger charge is 2.21. The molecule has 1 atom stereocenters. The average molecular weight is 214 g/mol. The monoisotopic (exact) mass is 214 g/mol. The maximum atomic E-state index is 12.3. The fraction of sp³-hybridized carbons (Fsp3) is 0.357. The Kier molecular flexibility index (Phi) is 2.10. The third-order valence-electron chi connectivity index (χ3n) is 3.39. The van der Waals surface area contributed by atoms with Crippen molar-refractivity contribution in [3.05, 3.63) is 45.8 Å². The predicted octanol–water partition coefficient (Wildman–Crippen LogP) is 2.92. The van der Waals surface area contributed by atoms with E-state index < -0.39 is 0 Å². The van der Waals surface area contributed by atoms with Gasteiger partial charge in [-0.2, -0.15) is 0 Å². The second-order valence-corrected chi connectivity index (χ2v) is 4.68. The first-order chi connectivity index (χ1) is 7.75. The Hall–Kier alpha value is -1.57. The van der Waals surface area contributed by atoms with Gasteiger partial charge in [0.25, 0.3) is 0 Å². The zero-order valence-corrected chi connectivity index (χ0v) is 9.32. The molecule has 16 heavy (non-hydrogen) atoms. The van der Waals surface area contributed by atoms with Crippen LogP contribution in [-0.4, -0.2) is 0 Å². The summed E-state index contributed by atoms with van der Waals surface area (Å²) in [6.07, 6.45) is 2.88. The summed E-state index contributed by atoms with van der Waals surface area (Å²) >= 11 is 0. The average Bonchev–Trinajstić information content (AvgIpc) is 2.31. The highest BCUT2D eigenvalue weighted by molar-refractivity contribution is 5.77. The molecule has 1 aromatic heterocycles. The van der Waals surface area contributed by atoms with E-state index in [9.17, 15) is 4.79 Å². The third-order valence-corrected chi connectivity index (χ3v) is 3.39. The number of benzene rings is 1. The van der Waals surface area contributed by atoms with Crippen molar-refractivity contribution in [2.24, 2.45) is 5.92 Å². The van der Waals surface area contributed by atoms with E-state index in [0.29, 0.717) is 5.92 Å². The van der Waals surface area contributed by atoms with Gasteiger partial charge in [-0.05, 0) is 30.9 Å². The van der Waals surface area contributed by atoms with Crippen LogP contribution in [-0.2, 0) is 12.8 Å². The first-order valence-electron chi connectivity index (χ1n) is 5.79. The molecule has 2 aromatic rings. The van der Waals surface area contributed by atoms with Gasteiger partial charge in [0.05, 0.1) is 5.39 Å². The molecule has 0 bridgehead atoms. The number of hydrogen-bond acceptors (Lipinski definition) is 2. The number of aryl methyl sites for hydroxylation is 1. The van der Waals surface area contributed by atoms with Crippen LogP contribution in [0.25, 0.3) is 11.0 Å². The van der Waals surface area contributed by atoms with Gasteiger partial charge in [0.15, 0.2) is 5.43 Å². The second-order valence-electron chi connectivity index (χ2n) is 4.68. The van der Waals surface area contributed by atoms with Crippen molar-refractivity contribution < 1.29 is 4.42 Å². The van der Waals surface area contributed by atoms with E-state index in [-0.39, 0.29) is 5.43 Å². The van der Waals surface area contributed by atoms with Crippen molar-refractivity contribution in [3.8, 4) is 0 Å². The van der Waals surface area contributed by atoms with Gasteiger partial charge in [-0.3, -0.25) is 4.79 Å². The van der Waals surface area contributed by atoms with Crippen molar-refractivity contribution in [3.63, 3.8) is 0 Å². The molecule has 1 unspecified atom stereocenters. The Morgan fingerprint density at radius 2 is 2.12 bits per heavy atom. The van der Waals surface area contributed by atoms with Crippen LogP contribution < -0.4 is 5.43 Å². The minimum Gasteiger partial charge on any atom is -0.461 e. The summed E-state index contributed by atoms with van der Waals surface area (Å²) in [4.78, 5) is 12.3. The van der Waals surface area contributed by atoms with E-state index in [1.165, 1.54) is 0 Å². The zero-order chi connectivity index (χ0) is 11.1. The maximum absolute atomic E-state index is 12.3. The Labute approximate surface area is 93.9 Å². The molecular weight excluding hydrogens is 200 g/mol. The van der Waals surface area contributed by atoms with E-state index >= 15 is 0 Å². The topological polar surface area (TPSA) is 30.2 Å². The van der Waals surface area contributed by atoms with Crippen LogP contribution in [0.1, 0.15) is 24.7 Å². The second kappa shape index (κ2) is 3.48. The maximum Gasteiger partial charge on any atom is 0.196 e. The van der Waals surface area contributed by atoms with E-state index in [4.69, 9.17) is 4.42 Å². The number of hydrogen-bond donors (Lipinski definition) is 0. The van der Waals surface area contributed by atoms with Crippen molar-refractivity contribution in [1.29, 1.82) is 0 Å². The van der Waals surface area contributed by atoms with Gasteiger partial charge in [0, 0.05) is 12.0 Å². The Morgan fingerprint density at radius 3 is 3.00 bits per heavy atom. The van der Waals surface area contributed by atoms with E-state index in [0.717, 1.165) is 41.6 Å². The molecule has 3 rings (SSSR count). The highest BCUT2D eigenvalue weighted by Crippen LogP contribution is 2.25. The quantitative estimate of drug-likeness (QED) is 0.675. The van der Waals surface area contributed by atoms with Crippen molar-refractivity contribution in [2.45, 2.75) is 26.2 Å². The van der Waals surface area contributed by atoms with Gasteiger partial charge >= 0.3 is 0 Å². The van der Waals surface area contributed by atoms with Crippen LogP contribution in [0.4, 0.5) is 0 Å². The lowest BCUT2D eigenvalue weighted by molar-refractivity contribution is 0.423. The molecule has 0 saturated heterocycles. The molecule has 2 nitrogen and oxygen atoms in total. The van der Waals surface area contributed by atoms with Crippen LogP contribution in [0.5, 0.6) is 0 Å². The van der Waals surface area contributed by atoms with Crippen LogP contribution in [0.15, 0.2) is 33.5 Å². The SMILES string of the molecule is CC1CCc2oc3ccccc3c(=O)c2C1. The Balaban J connectivity index is 2.34. The third kappa shape index (κ3) is 1.37. The van der Waals surface area contributed by atoms with E-state index in [2.05, 4.69) is 6.92 Å². The Bertz CT molecular complexity index is 595. The summed E-state index contributed by atoms with van der Waals surface area (Å²) in [7, 11) is 0. The first kappa shape index (κ1) is 9.64. The summed E-state index contributed by atoms with van der Waals surface area (Å²) in [5.41, 5.74) is 1.79. The molecule has 0 saturated carbocycles. The molecular formula is C14H14O2. The summed E-state index contributed by atoms with van der Waals surface area (Å²) in [6.45, 7) is 2.19. The molecule has 0 fully saturated rings. The van der Waals surface area contributed by atoms with Crippen LogP contribution in [0.3, 0.4) is 0 Å². The van der Waals surface area contributed by atoms with Gasteiger partial charge in [-0.1, -0.05) is 19.1 Å². The Morgan fingerprint density at radius 1 is 1.31 bits per heavy atom. The van der Waals surface area contributed by atoms with Gasteiger partial charge < -0.3 is 4.42 Å². The smallest absolute Gasteiger partial charge is 0.196 e. The molecule has 0 amide bonds. The van der Waals surface area contributed by atoms with Gasteiger partial charge in [0.2, 0.25) is 0 Å². The lowest BCUT2D eigenvalue weighted by atomic mass is 9.88. The largest absolute Gasteiger partial charge is 0.461 e. The number of fused-ring (bicyclic) bond motifs is 2. The van der Waals surface area contributed by atoms with Gasteiger partial charge in [-0.15, -0.1) is 0 Å². The predicted molar refractivity (Wildman–Crippen MR) is 63.7 cm³/mol. The van der Waals surface area contributed by atoms with E-state index in [1.807, 2.05) is 24.3 Å². The van der Waals surface area contributed by atoms with E-state index in [1.54, 1.807) is 0 Å². The molecule has 1 heterocycles. The molecule has 1 aliphatic carbocycles. The lowest BCUT2D eigenvalue weighted by Crippen LogP contribution is -2.20. The number of para-hydroxylation sites is 1. The fourth-order valence-corrected chi connectivity index (χ4v) is 2.46. The zero-order valence-electron chi connectivity index (χ0n) is 9.32. The summed E-state index contributed by atoms with van der Waals surface area (Å²) < 4.78 is 5.81. The minimum absolute atomic E-state index is 0.170. The molecule has 0 N–H and O–H groups in total. The van der Waals surface area contributed by atoms with Crippen molar-refractivity contribution in [1.82, 2.24) is 0 Å². The van der Waals surface area contributed by atoms with Crippen LogP contribution >= 0.6 is 0 Å². The lowest BCUT2D eigenvalue weighted by Gasteiger charge is -2.19. The summed E-state index contributed by atoms with van der Waals surface area (Å²) in [5, 5.41) is 0.718. The molecule has 82 valence electrons. The van der Waals surface area contributed by atoms with Crippen LogP contribution in [0, 0.1) is 5.92 Å². The van der Waals surface area contributed by atoms with Gasteiger partial charge in [-0.25, -0.2) is 0 Å². The van der Waals surface area contributed by atoms with Crippen molar-refractivity contribution in [2.75, 3.05) is 0 Å². The number of rotatable bonds is 0. The molecule has 0 radical (unpaired) electrons. The normalized spacial score (nSPS) is 19.7. The summed E-state index contributed by atoms with van der Waals surface area (Å²) in [5.74, 6) is 1.50. The molecule has 0 spiro atoms. The standard InChI is InChI=1S/C14H14O2/c1-9-6-7-13-11(8-9)14(15)10-4-2-3-5-12(10)16-13/h2-5,9H,6-8H2,1H3.